The Morgan fingerprint density at radius 3 is 1.96 bits per heavy atom. The topological polar surface area (TPSA) is 38.3 Å². The van der Waals surface area contributed by atoms with Crippen molar-refractivity contribution in [1.29, 1.82) is 0 Å². The van der Waals surface area contributed by atoms with E-state index in [4.69, 9.17) is 4.74 Å². The van der Waals surface area contributed by atoms with Gasteiger partial charge in [-0.25, -0.2) is 0 Å². The summed E-state index contributed by atoms with van der Waals surface area (Å²) in [4.78, 5) is 11.3. The molecule has 142 valence electrons. The van der Waals surface area contributed by atoms with Crippen molar-refractivity contribution < 1.29 is 9.53 Å². The lowest BCUT2D eigenvalue weighted by molar-refractivity contribution is -0.140. The van der Waals surface area contributed by atoms with Gasteiger partial charge in [-0.1, -0.05) is 76.8 Å². The van der Waals surface area contributed by atoms with E-state index < -0.39 is 0 Å². The monoisotopic (exact) mass is 347 g/mol. The van der Waals surface area contributed by atoms with Crippen molar-refractivity contribution in [3.8, 4) is 0 Å². The summed E-state index contributed by atoms with van der Waals surface area (Å²) < 4.78 is 4.90. The first kappa shape index (κ1) is 21.5. The van der Waals surface area contributed by atoms with Gasteiger partial charge in [-0.2, -0.15) is 0 Å². The molecular weight excluding hydrogens is 310 g/mol. The van der Waals surface area contributed by atoms with Crippen molar-refractivity contribution in [3.63, 3.8) is 0 Å². The van der Waals surface area contributed by atoms with E-state index in [9.17, 15) is 4.79 Å². The molecule has 3 heteroatoms. The third-order valence-electron chi connectivity index (χ3n) is 4.52. The molecule has 1 N–H and O–H groups in total. The molecular formula is C22H37NO2. The van der Waals surface area contributed by atoms with Crippen LogP contribution < -0.4 is 5.32 Å². The van der Waals surface area contributed by atoms with Crippen LogP contribution in [-0.4, -0.2) is 19.1 Å². The molecule has 0 spiro atoms. The van der Waals surface area contributed by atoms with E-state index >= 15 is 0 Å². The highest BCUT2D eigenvalue weighted by atomic mass is 16.5. The van der Waals surface area contributed by atoms with Crippen LogP contribution in [0.1, 0.15) is 83.6 Å². The zero-order chi connectivity index (χ0) is 18.2. The lowest BCUT2D eigenvalue weighted by atomic mass is 10.0. The highest BCUT2D eigenvalue weighted by Gasteiger charge is 2.01. The number of aryl methyl sites for hydroxylation is 1. The average molecular weight is 348 g/mol. The van der Waals surface area contributed by atoms with Crippen molar-refractivity contribution in [2.75, 3.05) is 18.5 Å². The number of benzene rings is 1. The maximum Gasteiger partial charge on any atom is 0.325 e. The molecule has 0 aliphatic heterocycles. The molecule has 0 atom stereocenters. The molecule has 1 rings (SSSR count). The predicted molar refractivity (Wildman–Crippen MR) is 107 cm³/mol. The summed E-state index contributed by atoms with van der Waals surface area (Å²) in [6.07, 6.45) is 14.9. The SMILES string of the molecule is CCCCCCCCCCCCc1ccc(NCC(=O)OCC)cc1. The van der Waals surface area contributed by atoms with Gasteiger partial charge in [0, 0.05) is 5.69 Å². The van der Waals surface area contributed by atoms with Crippen LogP contribution in [-0.2, 0) is 16.0 Å². The van der Waals surface area contributed by atoms with Crippen LogP contribution >= 0.6 is 0 Å². The first-order chi connectivity index (χ1) is 12.3. The Labute approximate surface area is 154 Å². The summed E-state index contributed by atoms with van der Waals surface area (Å²) in [6, 6.07) is 8.40. The fourth-order valence-corrected chi connectivity index (χ4v) is 2.99. The van der Waals surface area contributed by atoms with E-state index in [-0.39, 0.29) is 12.5 Å². The average Bonchev–Trinajstić information content (AvgIpc) is 2.63. The van der Waals surface area contributed by atoms with Crippen molar-refractivity contribution in [3.05, 3.63) is 29.8 Å². The number of carbonyl (C=O) groups excluding carboxylic acids is 1. The third-order valence-corrected chi connectivity index (χ3v) is 4.52. The van der Waals surface area contributed by atoms with Crippen LogP contribution in [0.5, 0.6) is 0 Å². The number of carbonyl (C=O) groups is 1. The molecule has 3 nitrogen and oxygen atoms in total. The van der Waals surface area contributed by atoms with Crippen molar-refractivity contribution in [2.45, 2.75) is 84.5 Å². The maximum atomic E-state index is 11.3. The molecule has 0 amide bonds. The summed E-state index contributed by atoms with van der Waals surface area (Å²) >= 11 is 0. The second-order valence-electron chi connectivity index (χ2n) is 6.79. The lowest BCUT2D eigenvalue weighted by Crippen LogP contribution is -2.16. The molecule has 0 radical (unpaired) electrons. The summed E-state index contributed by atoms with van der Waals surface area (Å²) in [5, 5.41) is 3.09. The van der Waals surface area contributed by atoms with Gasteiger partial charge in [0.05, 0.1) is 6.61 Å². The molecule has 25 heavy (non-hydrogen) atoms. The number of ether oxygens (including phenoxy) is 1. The van der Waals surface area contributed by atoms with E-state index in [0.717, 1.165) is 12.1 Å². The smallest absolute Gasteiger partial charge is 0.325 e. The quantitative estimate of drug-likeness (QED) is 0.306. The van der Waals surface area contributed by atoms with Gasteiger partial charge >= 0.3 is 5.97 Å². The molecule has 0 fully saturated rings. The summed E-state index contributed by atoms with van der Waals surface area (Å²) in [6.45, 7) is 4.75. The van der Waals surface area contributed by atoms with Crippen LogP contribution in [0.25, 0.3) is 0 Å². The van der Waals surface area contributed by atoms with Crippen LogP contribution in [0.2, 0.25) is 0 Å². The first-order valence-corrected chi connectivity index (χ1v) is 10.2. The Kier molecular flexibility index (Phi) is 12.7. The zero-order valence-corrected chi connectivity index (χ0v) is 16.3. The van der Waals surface area contributed by atoms with Crippen LogP contribution in [0.4, 0.5) is 5.69 Å². The predicted octanol–water partition coefficient (Wildman–Crippen LogP) is 6.13. The standard InChI is InChI=1S/C22H37NO2/c1-3-5-6-7-8-9-10-11-12-13-14-20-15-17-21(18-16-20)23-19-22(24)25-4-2/h15-18,23H,3-14,19H2,1-2H3. The van der Waals surface area contributed by atoms with Crippen LogP contribution in [0.3, 0.4) is 0 Å². The Morgan fingerprint density at radius 1 is 0.840 bits per heavy atom. The van der Waals surface area contributed by atoms with Gasteiger partial charge in [0.15, 0.2) is 0 Å². The Bertz CT molecular complexity index is 442. The minimum Gasteiger partial charge on any atom is -0.465 e. The van der Waals surface area contributed by atoms with E-state index in [2.05, 4.69) is 24.4 Å². The Hall–Kier alpha value is -1.51. The fourth-order valence-electron chi connectivity index (χ4n) is 2.99. The highest BCUT2D eigenvalue weighted by molar-refractivity contribution is 5.74. The second kappa shape index (κ2) is 14.8. The van der Waals surface area contributed by atoms with Gasteiger partial charge in [-0.05, 0) is 37.5 Å². The van der Waals surface area contributed by atoms with Crippen molar-refractivity contribution in [1.82, 2.24) is 0 Å². The van der Waals surface area contributed by atoms with E-state index in [1.165, 1.54) is 69.8 Å². The van der Waals surface area contributed by atoms with Gasteiger partial charge in [0.1, 0.15) is 6.54 Å². The van der Waals surface area contributed by atoms with Crippen LogP contribution in [0.15, 0.2) is 24.3 Å². The number of anilines is 1. The molecule has 0 aliphatic carbocycles. The number of hydrogen-bond acceptors (Lipinski definition) is 3. The summed E-state index contributed by atoms with van der Waals surface area (Å²) in [7, 11) is 0. The van der Waals surface area contributed by atoms with Gasteiger partial charge in [-0.3, -0.25) is 4.79 Å². The van der Waals surface area contributed by atoms with Gasteiger partial charge in [0.2, 0.25) is 0 Å². The van der Waals surface area contributed by atoms with E-state index in [1.807, 2.05) is 19.1 Å². The van der Waals surface area contributed by atoms with Gasteiger partial charge in [-0.15, -0.1) is 0 Å². The Morgan fingerprint density at radius 2 is 1.40 bits per heavy atom. The molecule has 0 unspecified atom stereocenters. The molecule has 0 saturated carbocycles. The molecule has 0 saturated heterocycles. The van der Waals surface area contributed by atoms with Gasteiger partial charge in [0.25, 0.3) is 0 Å². The first-order valence-electron chi connectivity index (χ1n) is 10.2. The molecule has 0 heterocycles. The number of rotatable bonds is 15. The fraction of sp³-hybridized carbons (Fsp3) is 0.682. The molecule has 1 aromatic rings. The minimum atomic E-state index is -0.211. The normalized spacial score (nSPS) is 10.6. The maximum absolute atomic E-state index is 11.3. The third kappa shape index (κ3) is 11.6. The molecule has 1 aromatic carbocycles. The molecule has 0 aromatic heterocycles. The number of nitrogens with one attached hydrogen (secondary N) is 1. The van der Waals surface area contributed by atoms with E-state index in [1.54, 1.807) is 0 Å². The Balaban J connectivity index is 2.03. The number of unbranched alkanes of at least 4 members (excludes halogenated alkanes) is 9. The largest absolute Gasteiger partial charge is 0.465 e. The summed E-state index contributed by atoms with van der Waals surface area (Å²) in [5.74, 6) is -0.211. The second-order valence-corrected chi connectivity index (χ2v) is 6.79. The number of esters is 1. The number of hydrogen-bond donors (Lipinski definition) is 1. The van der Waals surface area contributed by atoms with Crippen LogP contribution in [0, 0.1) is 0 Å². The van der Waals surface area contributed by atoms with Crippen molar-refractivity contribution >= 4 is 11.7 Å². The summed E-state index contributed by atoms with van der Waals surface area (Å²) in [5.41, 5.74) is 2.35. The minimum absolute atomic E-state index is 0.211. The highest BCUT2D eigenvalue weighted by Crippen LogP contribution is 2.14. The van der Waals surface area contributed by atoms with Gasteiger partial charge < -0.3 is 10.1 Å². The van der Waals surface area contributed by atoms with E-state index in [0.29, 0.717) is 6.61 Å². The molecule has 0 aliphatic rings. The zero-order valence-electron chi connectivity index (χ0n) is 16.3. The lowest BCUT2D eigenvalue weighted by Gasteiger charge is -2.07. The molecule has 0 bridgehead atoms. The van der Waals surface area contributed by atoms with Crippen molar-refractivity contribution in [2.24, 2.45) is 0 Å².